The lowest BCUT2D eigenvalue weighted by Gasteiger charge is -2.29. The Morgan fingerprint density at radius 3 is 2.78 bits per heavy atom. The second-order valence-electron chi connectivity index (χ2n) is 5.36. The van der Waals surface area contributed by atoms with Gasteiger partial charge in [0, 0.05) is 25.7 Å². The highest BCUT2D eigenvalue weighted by molar-refractivity contribution is 5.40. The van der Waals surface area contributed by atoms with Crippen LogP contribution in [-0.2, 0) is 0 Å². The Balaban J connectivity index is 1.60. The van der Waals surface area contributed by atoms with E-state index < -0.39 is 0 Å². The Kier molecular flexibility index (Phi) is 3.14. The molecule has 98 valence electrons. The average Bonchev–Trinajstić information content (AvgIpc) is 2.68. The summed E-state index contributed by atoms with van der Waals surface area (Å²) < 4.78 is 11.7. The number of likely N-dealkylation sites (tertiary alicyclic amines) is 1. The van der Waals surface area contributed by atoms with Gasteiger partial charge in [-0.3, -0.25) is 4.90 Å². The SMILES string of the molecule is CC1CN(CC2COc3ccccc3O2)CC1N. The van der Waals surface area contributed by atoms with E-state index in [0.717, 1.165) is 31.1 Å². The van der Waals surface area contributed by atoms with Crippen LogP contribution in [0.1, 0.15) is 6.92 Å². The molecule has 1 aromatic carbocycles. The Morgan fingerprint density at radius 1 is 1.28 bits per heavy atom. The third-order valence-electron chi connectivity index (χ3n) is 3.78. The van der Waals surface area contributed by atoms with E-state index in [1.165, 1.54) is 0 Å². The zero-order chi connectivity index (χ0) is 12.5. The molecule has 4 nitrogen and oxygen atoms in total. The van der Waals surface area contributed by atoms with E-state index in [2.05, 4.69) is 11.8 Å². The standard InChI is InChI=1S/C14H20N2O2/c1-10-6-16(8-12(10)15)7-11-9-17-13-4-2-3-5-14(13)18-11/h2-5,10-12H,6-9,15H2,1H3. The molecule has 3 unspecified atom stereocenters. The highest BCUT2D eigenvalue weighted by Crippen LogP contribution is 2.31. The third kappa shape index (κ3) is 2.31. The van der Waals surface area contributed by atoms with Gasteiger partial charge in [0.15, 0.2) is 11.5 Å². The number of nitrogens with zero attached hydrogens (tertiary/aromatic N) is 1. The van der Waals surface area contributed by atoms with Gasteiger partial charge in [-0.1, -0.05) is 19.1 Å². The van der Waals surface area contributed by atoms with Gasteiger partial charge in [-0.15, -0.1) is 0 Å². The van der Waals surface area contributed by atoms with E-state index in [1.807, 2.05) is 24.3 Å². The third-order valence-corrected chi connectivity index (χ3v) is 3.78. The van der Waals surface area contributed by atoms with Crippen molar-refractivity contribution in [1.29, 1.82) is 0 Å². The highest BCUT2D eigenvalue weighted by Gasteiger charge is 2.30. The van der Waals surface area contributed by atoms with Crippen molar-refractivity contribution >= 4 is 0 Å². The lowest BCUT2D eigenvalue weighted by atomic mass is 10.1. The Morgan fingerprint density at radius 2 is 2.06 bits per heavy atom. The zero-order valence-corrected chi connectivity index (χ0v) is 10.7. The summed E-state index contributed by atoms with van der Waals surface area (Å²) in [6, 6.07) is 8.13. The molecule has 2 heterocycles. The van der Waals surface area contributed by atoms with Crippen molar-refractivity contribution < 1.29 is 9.47 Å². The molecule has 0 saturated carbocycles. The van der Waals surface area contributed by atoms with Crippen LogP contribution in [0.15, 0.2) is 24.3 Å². The number of hydrogen-bond donors (Lipinski definition) is 1. The van der Waals surface area contributed by atoms with Crippen LogP contribution < -0.4 is 15.2 Å². The van der Waals surface area contributed by atoms with Crippen molar-refractivity contribution in [3.05, 3.63) is 24.3 Å². The van der Waals surface area contributed by atoms with Crippen LogP contribution in [0.4, 0.5) is 0 Å². The summed E-state index contributed by atoms with van der Waals surface area (Å²) in [5, 5.41) is 0. The maximum Gasteiger partial charge on any atom is 0.161 e. The molecule has 1 fully saturated rings. The van der Waals surface area contributed by atoms with Crippen molar-refractivity contribution in [3.63, 3.8) is 0 Å². The fourth-order valence-corrected chi connectivity index (χ4v) is 2.69. The van der Waals surface area contributed by atoms with E-state index in [4.69, 9.17) is 15.2 Å². The van der Waals surface area contributed by atoms with Gasteiger partial charge < -0.3 is 15.2 Å². The quantitative estimate of drug-likeness (QED) is 0.851. The number of fused-ring (bicyclic) bond motifs is 1. The molecule has 2 aliphatic rings. The lowest BCUT2D eigenvalue weighted by molar-refractivity contribution is 0.0641. The van der Waals surface area contributed by atoms with E-state index in [1.54, 1.807) is 0 Å². The van der Waals surface area contributed by atoms with Gasteiger partial charge in [0.1, 0.15) is 12.7 Å². The van der Waals surface area contributed by atoms with Crippen molar-refractivity contribution in [2.75, 3.05) is 26.2 Å². The Labute approximate surface area is 108 Å². The Hall–Kier alpha value is -1.26. The minimum Gasteiger partial charge on any atom is -0.486 e. The summed E-state index contributed by atoms with van der Waals surface area (Å²) >= 11 is 0. The molecular formula is C14H20N2O2. The van der Waals surface area contributed by atoms with Gasteiger partial charge in [-0.25, -0.2) is 0 Å². The van der Waals surface area contributed by atoms with Crippen molar-refractivity contribution in [1.82, 2.24) is 4.90 Å². The summed E-state index contributed by atoms with van der Waals surface area (Å²) in [6.45, 7) is 5.74. The van der Waals surface area contributed by atoms with Crippen LogP contribution in [-0.4, -0.2) is 43.3 Å². The predicted octanol–water partition coefficient (Wildman–Crippen LogP) is 1.11. The van der Waals surface area contributed by atoms with Crippen LogP contribution >= 0.6 is 0 Å². The molecule has 0 radical (unpaired) electrons. The molecule has 0 amide bonds. The number of benzene rings is 1. The van der Waals surface area contributed by atoms with Gasteiger partial charge in [0.2, 0.25) is 0 Å². The number of ether oxygens (including phenoxy) is 2. The van der Waals surface area contributed by atoms with Crippen molar-refractivity contribution in [3.8, 4) is 11.5 Å². The summed E-state index contributed by atoms with van der Waals surface area (Å²) in [5.74, 6) is 2.27. The van der Waals surface area contributed by atoms with Gasteiger partial charge in [0.05, 0.1) is 0 Å². The second kappa shape index (κ2) is 4.78. The minimum absolute atomic E-state index is 0.109. The molecule has 0 bridgehead atoms. The normalized spacial score (nSPS) is 31.6. The van der Waals surface area contributed by atoms with Crippen molar-refractivity contribution in [2.24, 2.45) is 11.7 Å². The Bertz CT molecular complexity index is 414. The minimum atomic E-state index is 0.109. The topological polar surface area (TPSA) is 47.7 Å². The molecule has 1 saturated heterocycles. The predicted molar refractivity (Wildman–Crippen MR) is 69.9 cm³/mol. The molecule has 0 aliphatic carbocycles. The summed E-state index contributed by atoms with van der Waals surface area (Å²) in [5.41, 5.74) is 6.04. The molecule has 3 atom stereocenters. The van der Waals surface area contributed by atoms with Crippen LogP contribution in [0.5, 0.6) is 11.5 Å². The fraction of sp³-hybridized carbons (Fsp3) is 0.571. The molecule has 3 rings (SSSR count). The first-order valence-electron chi connectivity index (χ1n) is 6.59. The van der Waals surface area contributed by atoms with Crippen LogP contribution in [0.25, 0.3) is 0 Å². The maximum absolute atomic E-state index is 6.04. The van der Waals surface area contributed by atoms with Gasteiger partial charge in [-0.2, -0.15) is 0 Å². The largest absolute Gasteiger partial charge is 0.486 e. The maximum atomic E-state index is 6.04. The number of hydrogen-bond acceptors (Lipinski definition) is 4. The molecule has 1 aromatic rings. The molecule has 2 aliphatic heterocycles. The first-order valence-corrected chi connectivity index (χ1v) is 6.59. The van der Waals surface area contributed by atoms with Gasteiger partial charge in [-0.05, 0) is 18.1 Å². The number of rotatable bonds is 2. The van der Waals surface area contributed by atoms with Crippen LogP contribution in [0.2, 0.25) is 0 Å². The van der Waals surface area contributed by atoms with Crippen molar-refractivity contribution in [2.45, 2.75) is 19.1 Å². The summed E-state index contributed by atoms with van der Waals surface area (Å²) in [6.07, 6.45) is 0.109. The molecular weight excluding hydrogens is 228 g/mol. The van der Waals surface area contributed by atoms with E-state index in [9.17, 15) is 0 Å². The van der Waals surface area contributed by atoms with E-state index in [0.29, 0.717) is 18.6 Å². The first-order chi connectivity index (χ1) is 8.72. The fourth-order valence-electron chi connectivity index (χ4n) is 2.69. The van der Waals surface area contributed by atoms with Crippen LogP contribution in [0.3, 0.4) is 0 Å². The smallest absolute Gasteiger partial charge is 0.161 e. The monoisotopic (exact) mass is 248 g/mol. The molecule has 0 aromatic heterocycles. The highest BCUT2D eigenvalue weighted by atomic mass is 16.6. The first kappa shape index (κ1) is 11.8. The summed E-state index contributed by atoms with van der Waals surface area (Å²) in [7, 11) is 0. The lowest BCUT2D eigenvalue weighted by Crippen LogP contribution is -2.40. The van der Waals surface area contributed by atoms with Gasteiger partial charge in [0.25, 0.3) is 0 Å². The zero-order valence-electron chi connectivity index (χ0n) is 10.7. The molecule has 4 heteroatoms. The average molecular weight is 248 g/mol. The summed E-state index contributed by atoms with van der Waals surface area (Å²) in [4.78, 5) is 2.37. The van der Waals surface area contributed by atoms with Crippen LogP contribution in [0, 0.1) is 5.92 Å². The van der Waals surface area contributed by atoms with Gasteiger partial charge >= 0.3 is 0 Å². The van der Waals surface area contributed by atoms with E-state index >= 15 is 0 Å². The molecule has 18 heavy (non-hydrogen) atoms. The molecule has 2 N–H and O–H groups in total. The molecule has 0 spiro atoms. The number of nitrogens with two attached hydrogens (primary N) is 1. The van der Waals surface area contributed by atoms with E-state index in [-0.39, 0.29) is 6.10 Å². The second-order valence-corrected chi connectivity index (χ2v) is 5.36. The number of para-hydroxylation sites is 2.